The summed E-state index contributed by atoms with van der Waals surface area (Å²) in [4.78, 5) is 30.3. The standard InChI is InChI=1S/C27H31F5N8O2/c28-26(29)8-5-16(6-9-26)24(37-25(42)20-13-33-38-40(20)18-3-4-18)19-14-39-21(35-19)11-17(12-34-39)23(15-1-2-15)36-22(41)7-10-27(30,31)32/h11-16,18,23-24H,1-10H2,(H,36,41)(H,37,42)/t23?,24-/m0/s1. The summed E-state index contributed by atoms with van der Waals surface area (Å²) in [6.07, 6.45) is 1.53. The molecular formula is C27H31F5N8O2. The lowest BCUT2D eigenvalue weighted by atomic mass is 9.81. The summed E-state index contributed by atoms with van der Waals surface area (Å²) in [5.74, 6) is -4.08. The van der Waals surface area contributed by atoms with Gasteiger partial charge in [0.15, 0.2) is 5.65 Å². The van der Waals surface area contributed by atoms with Gasteiger partial charge in [0.25, 0.3) is 5.91 Å². The van der Waals surface area contributed by atoms with Gasteiger partial charge in [0.2, 0.25) is 11.8 Å². The maximum atomic E-state index is 14.0. The van der Waals surface area contributed by atoms with E-state index in [2.05, 4.69) is 26.0 Å². The van der Waals surface area contributed by atoms with E-state index >= 15 is 0 Å². The van der Waals surface area contributed by atoms with E-state index in [0.717, 1.165) is 25.7 Å². The van der Waals surface area contributed by atoms with Crippen molar-refractivity contribution in [2.75, 3.05) is 0 Å². The first-order valence-corrected chi connectivity index (χ1v) is 14.3. The average Bonchev–Trinajstić information content (AvgIpc) is 3.87. The Hall–Kier alpha value is -3.65. The average molecular weight is 595 g/mol. The molecular weight excluding hydrogens is 563 g/mol. The van der Waals surface area contributed by atoms with Crippen LogP contribution in [0, 0.1) is 11.8 Å². The molecule has 0 aromatic carbocycles. The summed E-state index contributed by atoms with van der Waals surface area (Å²) in [6, 6.07) is 0.646. The first kappa shape index (κ1) is 28.5. The number of hydrogen-bond acceptors (Lipinski definition) is 6. The Bertz CT molecular complexity index is 1450. The van der Waals surface area contributed by atoms with Crippen LogP contribution in [0.5, 0.6) is 0 Å². The normalized spacial score (nSPS) is 20.8. The van der Waals surface area contributed by atoms with Crippen molar-refractivity contribution >= 4 is 17.5 Å². The summed E-state index contributed by atoms with van der Waals surface area (Å²) >= 11 is 0. The van der Waals surface area contributed by atoms with Crippen LogP contribution in [0.4, 0.5) is 22.0 Å². The van der Waals surface area contributed by atoms with Gasteiger partial charge in [-0.05, 0) is 62.0 Å². The number of imidazole rings is 1. The fraction of sp³-hybridized carbons (Fsp3) is 0.630. The van der Waals surface area contributed by atoms with Crippen LogP contribution in [0.25, 0.3) is 5.65 Å². The summed E-state index contributed by atoms with van der Waals surface area (Å²) in [5, 5.41) is 18.0. The molecule has 42 heavy (non-hydrogen) atoms. The highest BCUT2D eigenvalue weighted by Gasteiger charge is 2.40. The molecule has 3 heterocycles. The molecule has 0 spiro atoms. The molecule has 6 rings (SSSR count). The summed E-state index contributed by atoms with van der Waals surface area (Å²) in [6.45, 7) is 0. The maximum Gasteiger partial charge on any atom is 0.389 e. The number of rotatable bonds is 10. The predicted molar refractivity (Wildman–Crippen MR) is 137 cm³/mol. The van der Waals surface area contributed by atoms with Gasteiger partial charge in [0, 0.05) is 19.3 Å². The van der Waals surface area contributed by atoms with Crippen LogP contribution in [-0.4, -0.2) is 53.5 Å². The SMILES string of the molecule is O=C(CCC(F)(F)F)NC(c1cnn2cc([C@@H](NC(=O)c3cnnn3C3CC3)C3CCC(F)(F)CC3)nc2c1)C1CC1. The number of alkyl halides is 5. The van der Waals surface area contributed by atoms with Gasteiger partial charge in [0.1, 0.15) is 5.69 Å². The molecule has 3 aliphatic rings. The van der Waals surface area contributed by atoms with Crippen molar-refractivity contribution in [3.63, 3.8) is 0 Å². The van der Waals surface area contributed by atoms with Crippen molar-refractivity contribution in [2.45, 2.75) is 94.4 Å². The highest BCUT2D eigenvalue weighted by Crippen LogP contribution is 2.43. The lowest BCUT2D eigenvalue weighted by Gasteiger charge is -2.33. The highest BCUT2D eigenvalue weighted by atomic mass is 19.4. The second-order valence-corrected chi connectivity index (χ2v) is 11.7. The first-order valence-electron chi connectivity index (χ1n) is 14.3. The Labute approximate surface area is 237 Å². The third-order valence-corrected chi connectivity index (χ3v) is 8.30. The molecule has 3 aliphatic carbocycles. The number of amides is 2. The van der Waals surface area contributed by atoms with E-state index in [9.17, 15) is 31.5 Å². The van der Waals surface area contributed by atoms with E-state index < -0.39 is 48.8 Å². The molecule has 15 heteroatoms. The molecule has 0 aliphatic heterocycles. The van der Waals surface area contributed by atoms with E-state index in [1.54, 1.807) is 23.1 Å². The number of nitrogens with one attached hydrogen (secondary N) is 2. The summed E-state index contributed by atoms with van der Waals surface area (Å²) < 4.78 is 68.9. The number of hydrogen-bond donors (Lipinski definition) is 2. The Kier molecular flexibility index (Phi) is 7.37. The largest absolute Gasteiger partial charge is 0.389 e. The minimum absolute atomic E-state index is 0.0828. The lowest BCUT2D eigenvalue weighted by molar-refractivity contribution is -0.144. The third-order valence-electron chi connectivity index (χ3n) is 8.30. The molecule has 3 aromatic rings. The summed E-state index contributed by atoms with van der Waals surface area (Å²) in [7, 11) is 0. The number of nitrogens with zero attached hydrogens (tertiary/aromatic N) is 6. The van der Waals surface area contributed by atoms with Gasteiger partial charge >= 0.3 is 6.18 Å². The topological polar surface area (TPSA) is 119 Å². The predicted octanol–water partition coefficient (Wildman–Crippen LogP) is 4.86. The second-order valence-electron chi connectivity index (χ2n) is 11.7. The zero-order valence-corrected chi connectivity index (χ0v) is 22.7. The fourth-order valence-electron chi connectivity index (χ4n) is 5.67. The van der Waals surface area contributed by atoms with Crippen LogP contribution < -0.4 is 10.6 Å². The molecule has 226 valence electrons. The second kappa shape index (κ2) is 10.9. The van der Waals surface area contributed by atoms with Gasteiger partial charge in [-0.1, -0.05) is 5.21 Å². The molecule has 0 saturated heterocycles. The van der Waals surface area contributed by atoms with Crippen molar-refractivity contribution in [1.29, 1.82) is 0 Å². The smallest absolute Gasteiger partial charge is 0.349 e. The molecule has 1 unspecified atom stereocenters. The summed E-state index contributed by atoms with van der Waals surface area (Å²) in [5.41, 5.74) is 1.76. The zero-order valence-electron chi connectivity index (χ0n) is 22.7. The molecule has 2 amide bonds. The monoisotopic (exact) mass is 594 g/mol. The van der Waals surface area contributed by atoms with Crippen LogP contribution in [0.2, 0.25) is 0 Å². The molecule has 2 N–H and O–H groups in total. The van der Waals surface area contributed by atoms with Crippen LogP contribution in [0.3, 0.4) is 0 Å². The Morgan fingerprint density at radius 2 is 1.71 bits per heavy atom. The van der Waals surface area contributed by atoms with Gasteiger partial charge in [0.05, 0.1) is 48.8 Å². The fourth-order valence-corrected chi connectivity index (χ4v) is 5.67. The molecule has 0 radical (unpaired) electrons. The van der Waals surface area contributed by atoms with E-state index in [-0.39, 0.29) is 43.6 Å². The zero-order chi connectivity index (χ0) is 29.6. The van der Waals surface area contributed by atoms with Gasteiger partial charge in [-0.15, -0.1) is 5.10 Å². The molecule has 3 aromatic heterocycles. The van der Waals surface area contributed by atoms with Gasteiger partial charge in [-0.25, -0.2) is 23.0 Å². The molecule has 0 bridgehead atoms. The number of carbonyl (C=O) groups is 2. The number of halogens is 5. The number of carbonyl (C=O) groups excluding carboxylic acids is 2. The number of aromatic nitrogens is 6. The van der Waals surface area contributed by atoms with Crippen LogP contribution in [0.15, 0.2) is 24.7 Å². The van der Waals surface area contributed by atoms with Gasteiger partial charge in [-0.2, -0.15) is 18.3 Å². The lowest BCUT2D eigenvalue weighted by Crippen LogP contribution is -2.38. The van der Waals surface area contributed by atoms with Crippen molar-refractivity contribution in [2.24, 2.45) is 11.8 Å². The molecule has 2 atom stereocenters. The van der Waals surface area contributed by atoms with E-state index in [1.165, 1.54) is 10.7 Å². The van der Waals surface area contributed by atoms with Gasteiger partial charge in [-0.3, -0.25) is 9.59 Å². The van der Waals surface area contributed by atoms with E-state index in [1.807, 2.05) is 0 Å². The minimum atomic E-state index is -4.42. The van der Waals surface area contributed by atoms with Crippen LogP contribution in [0.1, 0.15) is 104 Å². The van der Waals surface area contributed by atoms with Crippen LogP contribution >= 0.6 is 0 Å². The van der Waals surface area contributed by atoms with Gasteiger partial charge < -0.3 is 10.6 Å². The van der Waals surface area contributed by atoms with E-state index in [0.29, 0.717) is 22.6 Å². The highest BCUT2D eigenvalue weighted by molar-refractivity contribution is 5.92. The van der Waals surface area contributed by atoms with E-state index in [4.69, 9.17) is 4.98 Å². The molecule has 3 saturated carbocycles. The Morgan fingerprint density at radius 3 is 2.38 bits per heavy atom. The minimum Gasteiger partial charge on any atom is -0.349 e. The van der Waals surface area contributed by atoms with Crippen molar-refractivity contribution in [3.8, 4) is 0 Å². The number of fused-ring (bicyclic) bond motifs is 1. The molecule has 3 fully saturated rings. The first-order chi connectivity index (χ1) is 20.0. The van der Waals surface area contributed by atoms with Crippen molar-refractivity contribution in [1.82, 2.24) is 40.2 Å². The van der Waals surface area contributed by atoms with Crippen molar-refractivity contribution in [3.05, 3.63) is 41.6 Å². The molecule has 10 nitrogen and oxygen atoms in total. The Balaban J connectivity index is 1.25. The maximum absolute atomic E-state index is 14.0. The third kappa shape index (κ3) is 6.54. The van der Waals surface area contributed by atoms with Crippen molar-refractivity contribution < 1.29 is 31.5 Å². The van der Waals surface area contributed by atoms with Crippen LogP contribution in [-0.2, 0) is 4.79 Å². The Morgan fingerprint density at radius 1 is 1.00 bits per heavy atom. The quantitative estimate of drug-likeness (QED) is 0.324.